The Kier molecular flexibility index (Phi) is 4.59. The third-order valence-electron chi connectivity index (χ3n) is 2.86. The maximum absolute atomic E-state index is 13.4. The molecule has 0 saturated heterocycles. The number of halogens is 4. The molecule has 0 aliphatic carbocycles. The summed E-state index contributed by atoms with van der Waals surface area (Å²) in [5.74, 6) is -2.85. The van der Waals surface area contributed by atoms with E-state index in [2.05, 4.69) is 4.74 Å². The van der Waals surface area contributed by atoms with Gasteiger partial charge in [0, 0.05) is 6.54 Å². The van der Waals surface area contributed by atoms with Crippen LogP contribution < -0.4 is 10.1 Å². The van der Waals surface area contributed by atoms with E-state index >= 15 is 0 Å². The lowest BCUT2D eigenvalue weighted by atomic mass is 10.0. The second-order valence-electron chi connectivity index (χ2n) is 4.25. The minimum Gasteiger partial charge on any atom is -0.494 e. The largest absolute Gasteiger partial charge is 0.494 e. The van der Waals surface area contributed by atoms with E-state index in [9.17, 15) is 22.4 Å². The fourth-order valence-corrected chi connectivity index (χ4v) is 1.40. The van der Waals surface area contributed by atoms with Crippen molar-refractivity contribution in [3.05, 3.63) is 29.6 Å². The second-order valence-corrected chi connectivity index (χ2v) is 4.25. The molecule has 20 heavy (non-hydrogen) atoms. The first kappa shape index (κ1) is 16.2. The minimum absolute atomic E-state index is 0.0504. The van der Waals surface area contributed by atoms with Gasteiger partial charge in [0.25, 0.3) is 0 Å². The van der Waals surface area contributed by atoms with Crippen molar-refractivity contribution in [2.75, 3.05) is 7.11 Å². The molecule has 4 nitrogen and oxygen atoms in total. The predicted octanol–water partition coefficient (Wildman–Crippen LogP) is 2.33. The zero-order valence-electron chi connectivity index (χ0n) is 10.7. The first-order valence-corrected chi connectivity index (χ1v) is 5.49. The number of carboxylic acid groups (broad SMARTS) is 1. The van der Waals surface area contributed by atoms with Gasteiger partial charge in [-0.15, -0.1) is 0 Å². The number of aliphatic carboxylic acids is 1. The minimum atomic E-state index is -4.98. The quantitative estimate of drug-likeness (QED) is 0.819. The van der Waals surface area contributed by atoms with E-state index in [1.54, 1.807) is 0 Å². The van der Waals surface area contributed by atoms with Gasteiger partial charge >= 0.3 is 12.1 Å². The summed E-state index contributed by atoms with van der Waals surface area (Å²) in [5, 5.41) is 10.6. The van der Waals surface area contributed by atoms with Crippen LogP contribution in [0.5, 0.6) is 5.75 Å². The molecule has 112 valence electrons. The van der Waals surface area contributed by atoms with Crippen LogP contribution in [0, 0.1) is 5.82 Å². The predicted molar refractivity (Wildman–Crippen MR) is 61.9 cm³/mol. The van der Waals surface area contributed by atoms with Gasteiger partial charge in [-0.3, -0.25) is 5.32 Å². The smallest absolute Gasteiger partial charge is 0.417 e. The Bertz CT molecular complexity index is 504. The summed E-state index contributed by atoms with van der Waals surface area (Å²) < 4.78 is 56.2. The number of ether oxygens (including phenoxy) is 1. The van der Waals surface area contributed by atoms with Crippen LogP contribution >= 0.6 is 0 Å². The van der Waals surface area contributed by atoms with Crippen LogP contribution in [-0.2, 0) is 11.3 Å². The third-order valence-corrected chi connectivity index (χ3v) is 2.86. The highest BCUT2D eigenvalue weighted by Crippen LogP contribution is 2.31. The highest BCUT2D eigenvalue weighted by Gasteiger charge is 2.57. The van der Waals surface area contributed by atoms with Gasteiger partial charge in [-0.25, -0.2) is 9.18 Å². The molecule has 1 aromatic carbocycles. The standard InChI is InChI=1S/C12H13F4NO3/c1-11(10(18)19,12(14,15)16)17-6-7-3-4-9(20-2)8(13)5-7/h3-5,17H,6H2,1-2H3,(H,18,19). The van der Waals surface area contributed by atoms with Gasteiger partial charge in [0.05, 0.1) is 7.11 Å². The van der Waals surface area contributed by atoms with E-state index < -0.39 is 30.0 Å². The molecule has 0 fully saturated rings. The fraction of sp³-hybridized carbons (Fsp3) is 0.417. The van der Waals surface area contributed by atoms with Crippen molar-refractivity contribution in [2.24, 2.45) is 0 Å². The second kappa shape index (κ2) is 5.66. The molecule has 0 amide bonds. The molecule has 8 heteroatoms. The number of benzene rings is 1. The van der Waals surface area contributed by atoms with E-state index in [0.717, 1.165) is 6.07 Å². The first-order valence-electron chi connectivity index (χ1n) is 5.49. The van der Waals surface area contributed by atoms with Gasteiger partial charge in [-0.1, -0.05) is 6.07 Å². The van der Waals surface area contributed by atoms with E-state index in [1.807, 2.05) is 5.32 Å². The van der Waals surface area contributed by atoms with Crippen LogP contribution in [0.2, 0.25) is 0 Å². The number of methoxy groups -OCH3 is 1. The number of carboxylic acids is 1. The molecule has 0 saturated carbocycles. The Labute approximate surface area is 112 Å². The molecule has 0 aliphatic heterocycles. The summed E-state index contributed by atoms with van der Waals surface area (Å²) in [5.41, 5.74) is -2.94. The first-order chi connectivity index (χ1) is 9.11. The van der Waals surface area contributed by atoms with Crippen LogP contribution in [0.1, 0.15) is 12.5 Å². The van der Waals surface area contributed by atoms with Gasteiger partial charge in [-0.2, -0.15) is 13.2 Å². The van der Waals surface area contributed by atoms with Crippen molar-refractivity contribution < 1.29 is 32.2 Å². The van der Waals surface area contributed by atoms with Crippen LogP contribution in [0.15, 0.2) is 18.2 Å². The Balaban J connectivity index is 2.89. The van der Waals surface area contributed by atoms with E-state index in [4.69, 9.17) is 5.11 Å². The molecule has 2 N–H and O–H groups in total. The van der Waals surface area contributed by atoms with Crippen molar-refractivity contribution in [3.8, 4) is 5.75 Å². The summed E-state index contributed by atoms with van der Waals surface area (Å²) in [7, 11) is 1.25. The lowest BCUT2D eigenvalue weighted by Crippen LogP contribution is -2.59. The number of hydrogen-bond acceptors (Lipinski definition) is 3. The molecule has 0 aliphatic rings. The van der Waals surface area contributed by atoms with Crippen molar-refractivity contribution in [2.45, 2.75) is 25.2 Å². The monoisotopic (exact) mass is 295 g/mol. The van der Waals surface area contributed by atoms with Gasteiger partial charge in [0.2, 0.25) is 5.54 Å². The summed E-state index contributed by atoms with van der Waals surface area (Å²) in [6.07, 6.45) is -4.98. The van der Waals surface area contributed by atoms with Crippen molar-refractivity contribution in [1.82, 2.24) is 5.32 Å². The number of hydrogen-bond donors (Lipinski definition) is 2. The normalized spacial score (nSPS) is 14.7. The van der Waals surface area contributed by atoms with Crippen LogP contribution in [-0.4, -0.2) is 29.9 Å². The maximum Gasteiger partial charge on any atom is 0.417 e. The average molecular weight is 295 g/mol. The fourth-order valence-electron chi connectivity index (χ4n) is 1.40. The van der Waals surface area contributed by atoms with E-state index in [-0.39, 0.29) is 11.3 Å². The van der Waals surface area contributed by atoms with Crippen LogP contribution in [0.25, 0.3) is 0 Å². The van der Waals surface area contributed by atoms with Crippen molar-refractivity contribution in [1.29, 1.82) is 0 Å². The Morgan fingerprint density at radius 3 is 2.40 bits per heavy atom. The Hall–Kier alpha value is -1.83. The molecular weight excluding hydrogens is 282 g/mol. The molecule has 0 aromatic heterocycles. The van der Waals surface area contributed by atoms with Gasteiger partial charge in [0.15, 0.2) is 11.6 Å². The average Bonchev–Trinajstić information content (AvgIpc) is 2.34. The third kappa shape index (κ3) is 3.19. The van der Waals surface area contributed by atoms with Gasteiger partial charge in [-0.05, 0) is 24.6 Å². The van der Waals surface area contributed by atoms with Crippen LogP contribution in [0.3, 0.4) is 0 Å². The molecule has 0 radical (unpaired) electrons. The molecular formula is C12H13F4NO3. The van der Waals surface area contributed by atoms with Gasteiger partial charge < -0.3 is 9.84 Å². The molecule has 0 spiro atoms. The number of carbonyl (C=O) groups is 1. The summed E-state index contributed by atoms with van der Waals surface area (Å²) in [6.45, 7) is 0.0540. The molecule has 0 bridgehead atoms. The summed E-state index contributed by atoms with van der Waals surface area (Å²) in [4.78, 5) is 10.8. The number of nitrogens with one attached hydrogen (secondary N) is 1. The van der Waals surface area contributed by atoms with E-state index in [0.29, 0.717) is 6.92 Å². The highest BCUT2D eigenvalue weighted by molar-refractivity contribution is 5.79. The lowest BCUT2D eigenvalue weighted by molar-refractivity contribution is -0.206. The Morgan fingerprint density at radius 1 is 1.40 bits per heavy atom. The molecule has 1 atom stereocenters. The molecule has 1 unspecified atom stereocenters. The zero-order valence-corrected chi connectivity index (χ0v) is 10.7. The number of alkyl halides is 3. The SMILES string of the molecule is COc1ccc(CNC(C)(C(=O)O)C(F)(F)F)cc1F. The number of rotatable bonds is 5. The highest BCUT2D eigenvalue weighted by atomic mass is 19.4. The summed E-state index contributed by atoms with van der Waals surface area (Å²) >= 11 is 0. The lowest BCUT2D eigenvalue weighted by Gasteiger charge is -2.28. The molecule has 1 rings (SSSR count). The zero-order chi connectivity index (χ0) is 15.6. The van der Waals surface area contributed by atoms with Crippen molar-refractivity contribution >= 4 is 5.97 Å². The molecule has 1 aromatic rings. The van der Waals surface area contributed by atoms with Crippen molar-refractivity contribution in [3.63, 3.8) is 0 Å². The van der Waals surface area contributed by atoms with Crippen LogP contribution in [0.4, 0.5) is 17.6 Å². The Morgan fingerprint density at radius 2 is 2.00 bits per heavy atom. The molecule has 0 heterocycles. The van der Waals surface area contributed by atoms with E-state index in [1.165, 1.54) is 19.2 Å². The van der Waals surface area contributed by atoms with Gasteiger partial charge in [0.1, 0.15) is 0 Å². The summed E-state index contributed by atoms with van der Waals surface area (Å²) in [6, 6.07) is 3.57. The topological polar surface area (TPSA) is 58.6 Å². The maximum atomic E-state index is 13.4.